The Morgan fingerprint density at radius 1 is 0.404 bits per heavy atom. The predicted molar refractivity (Wildman–Crippen MR) is 412 cm³/mol. The fraction of sp³-hybridized carbons (Fsp3) is 0.577. The standard InChI is InChI=1S/C71H112N20O22S/c1-35(2)24-44(83-63(105)46(26-37(5)6)85-66(108)49(29-55(74)97)87-65(107)48(28-39-15-17-40(95)18-16-39)86-67(109)51(32-92)89-58(100)41(72)21-23-114-7)59(101)79-31-57(99)80-47(27-38-12-9-8-10-13-38)64(106)84-45(25-36(3)4)62(104)82-43(19-20-54(73)96)61(103)81-42(14-11-22-78-71(76)77)60(102)90-53(34-94)69(111)91-52(33-93)68(110)88-50(70(112)113)30-56(75)98/h8-10,12-13,15-18,35-37,41-53,92-95H,11,14,19-34,72H2,1-7H3,(H2,73,96)(H2,74,97)(H2,75,98)(H,79,101)(H,80,99)(H,81,103)(H,82,104)(H,83,105)(H,84,106)(H,85,108)(H,86,109)(H,87,107)(H,88,110)(H,89,100)(H,90,102)(H,91,111)(H,112,113)(H4,76,77,78)/t41-,42-,43-,44-,45-,46-,47-,48-,49-,50-,51-,52-,53-/m0/s1. The zero-order valence-electron chi connectivity index (χ0n) is 64.7. The number of carboxylic acids is 1. The van der Waals surface area contributed by atoms with Crippen molar-refractivity contribution in [3.63, 3.8) is 0 Å². The molecule has 0 heterocycles. The maximum atomic E-state index is 14.6. The van der Waals surface area contributed by atoms with Crippen molar-refractivity contribution in [1.29, 1.82) is 0 Å². The first-order valence-corrected chi connectivity index (χ1v) is 37.9. The van der Waals surface area contributed by atoms with Crippen LogP contribution in [0.1, 0.15) is 117 Å². The van der Waals surface area contributed by atoms with Crippen molar-refractivity contribution in [3.05, 3.63) is 65.7 Å². The fourth-order valence-corrected chi connectivity index (χ4v) is 11.4. The average Bonchev–Trinajstić information content (AvgIpc) is 0.855. The van der Waals surface area contributed by atoms with Crippen LogP contribution in [0.4, 0.5) is 0 Å². The Hall–Kier alpha value is -11.3. The molecule has 0 unspecified atom stereocenters. The lowest BCUT2D eigenvalue weighted by atomic mass is 9.99. The van der Waals surface area contributed by atoms with E-state index in [1.165, 1.54) is 36.0 Å². The highest BCUT2D eigenvalue weighted by Crippen LogP contribution is 2.16. The maximum absolute atomic E-state index is 14.6. The molecule has 2 aromatic rings. The molecule has 0 saturated carbocycles. The van der Waals surface area contributed by atoms with Crippen molar-refractivity contribution < 1.29 is 107 Å². The second-order valence-corrected chi connectivity index (χ2v) is 29.0. The first kappa shape index (κ1) is 98.8. The van der Waals surface area contributed by atoms with Crippen LogP contribution >= 0.6 is 11.8 Å². The number of nitrogens with two attached hydrogens (primary N) is 6. The molecule has 43 heteroatoms. The largest absolute Gasteiger partial charge is 0.508 e. The molecular formula is C71H112N20O22S. The summed E-state index contributed by atoms with van der Waals surface area (Å²) in [5, 5.41) is 80.7. The molecule has 0 aliphatic carbocycles. The second-order valence-electron chi connectivity index (χ2n) is 28.0. The zero-order chi connectivity index (χ0) is 86.1. The number of phenolic OH excluding ortho intramolecular Hbond substituents is 1. The summed E-state index contributed by atoms with van der Waals surface area (Å²) < 4.78 is 0. The van der Waals surface area contributed by atoms with Gasteiger partial charge in [-0.3, -0.25) is 81.7 Å². The van der Waals surface area contributed by atoms with E-state index in [2.05, 4.69) is 63.5 Å². The fourth-order valence-electron chi connectivity index (χ4n) is 10.9. The lowest BCUT2D eigenvalue weighted by Gasteiger charge is -2.28. The van der Waals surface area contributed by atoms with Crippen LogP contribution in [-0.4, -0.2) is 255 Å². The van der Waals surface area contributed by atoms with Gasteiger partial charge in [-0.05, 0) is 98.0 Å². The molecule has 634 valence electrons. The summed E-state index contributed by atoms with van der Waals surface area (Å²) in [6.45, 7) is 5.94. The van der Waals surface area contributed by atoms with Gasteiger partial charge in [0.1, 0.15) is 78.3 Å². The molecule has 16 amide bonds. The number of aliphatic hydroxyl groups is 3. The first-order chi connectivity index (χ1) is 53.6. The molecule has 0 aromatic heterocycles. The highest BCUT2D eigenvalue weighted by Gasteiger charge is 2.38. The minimum Gasteiger partial charge on any atom is -0.508 e. The summed E-state index contributed by atoms with van der Waals surface area (Å²) in [5.41, 5.74) is 33.9. The van der Waals surface area contributed by atoms with Crippen molar-refractivity contribution in [3.8, 4) is 5.75 Å². The Labute approximate surface area is 662 Å². The van der Waals surface area contributed by atoms with E-state index >= 15 is 0 Å². The number of aliphatic hydroxyl groups excluding tert-OH is 3. The van der Waals surface area contributed by atoms with E-state index in [-0.39, 0.29) is 87.4 Å². The van der Waals surface area contributed by atoms with Gasteiger partial charge in [0.15, 0.2) is 5.96 Å². The first-order valence-electron chi connectivity index (χ1n) is 36.5. The lowest BCUT2D eigenvalue weighted by Crippen LogP contribution is -2.61. The van der Waals surface area contributed by atoms with Gasteiger partial charge < -0.3 is 129 Å². The van der Waals surface area contributed by atoms with Crippen LogP contribution in [0, 0.1) is 17.8 Å². The Bertz CT molecular complexity index is 3630. The van der Waals surface area contributed by atoms with E-state index in [4.69, 9.17) is 34.4 Å². The van der Waals surface area contributed by atoms with Crippen molar-refractivity contribution >= 4 is 118 Å². The third kappa shape index (κ3) is 38.3. The van der Waals surface area contributed by atoms with Crippen molar-refractivity contribution in [1.82, 2.24) is 69.1 Å². The third-order valence-electron chi connectivity index (χ3n) is 16.8. The van der Waals surface area contributed by atoms with Crippen LogP contribution in [0.2, 0.25) is 0 Å². The molecule has 0 aliphatic heterocycles. The summed E-state index contributed by atoms with van der Waals surface area (Å²) in [5.74, 6) is -19.7. The van der Waals surface area contributed by atoms with Gasteiger partial charge in [-0.25, -0.2) is 4.79 Å². The number of aliphatic imine (C=N–C) groups is 1. The summed E-state index contributed by atoms with van der Waals surface area (Å²) in [6, 6.07) is -7.56. The van der Waals surface area contributed by atoms with Gasteiger partial charge in [0, 0.05) is 25.8 Å². The number of carbonyl (C=O) groups is 17. The number of amides is 16. The average molecular weight is 1630 g/mol. The predicted octanol–water partition coefficient (Wildman–Crippen LogP) is -8.54. The van der Waals surface area contributed by atoms with Gasteiger partial charge in [-0.2, -0.15) is 11.8 Å². The molecule has 42 nitrogen and oxygen atoms in total. The Kier molecular flexibility index (Phi) is 44.5. The SMILES string of the molecule is CSCC[C@H](N)C(=O)N[C@@H](CO)C(=O)N[C@@H](Cc1ccc(O)cc1)C(=O)N[C@@H](CC(N)=O)C(=O)N[C@@H](CC(C)C)C(=O)N[C@@H](CC(C)C)C(=O)NCC(=O)N[C@@H](Cc1ccccc1)C(=O)N[C@@H](CC(C)C)C(=O)N[C@@H](CCC(N)=O)C(=O)N[C@@H](CCCN=C(N)N)C(=O)N[C@@H](CO)C(=O)N[C@@H](CO)C(=O)N[C@@H](CC(N)=O)C(=O)O. The van der Waals surface area contributed by atoms with Crippen LogP contribution in [0.25, 0.3) is 0 Å². The van der Waals surface area contributed by atoms with Crippen LogP contribution in [0.15, 0.2) is 59.6 Å². The summed E-state index contributed by atoms with van der Waals surface area (Å²) in [4.78, 5) is 233. The number of aromatic hydroxyl groups is 1. The molecule has 0 fully saturated rings. The Balaban J connectivity index is 2.48. The Morgan fingerprint density at radius 3 is 1.18 bits per heavy atom. The molecule has 0 radical (unpaired) electrons. The number of nitrogens with one attached hydrogen (secondary N) is 13. The van der Waals surface area contributed by atoms with Gasteiger partial charge in [0.05, 0.1) is 45.2 Å². The lowest BCUT2D eigenvalue weighted by molar-refractivity contribution is -0.144. The van der Waals surface area contributed by atoms with E-state index in [1.54, 1.807) is 78.1 Å². The highest BCUT2D eigenvalue weighted by molar-refractivity contribution is 7.98. The van der Waals surface area contributed by atoms with Crippen LogP contribution in [-0.2, 0) is 94.3 Å². The van der Waals surface area contributed by atoms with Gasteiger partial charge in [0.25, 0.3) is 0 Å². The number of hydrogen-bond donors (Lipinski definition) is 24. The van der Waals surface area contributed by atoms with Crippen LogP contribution < -0.4 is 104 Å². The number of primary amides is 3. The molecule has 0 aliphatic rings. The molecule has 0 spiro atoms. The van der Waals surface area contributed by atoms with Gasteiger partial charge in [0.2, 0.25) is 94.5 Å². The molecule has 0 bridgehead atoms. The molecule has 2 aromatic carbocycles. The number of nitrogens with zero attached hydrogens (tertiary/aromatic N) is 1. The number of thioether (sulfide) groups is 1. The van der Waals surface area contributed by atoms with E-state index in [0.717, 1.165) is 0 Å². The monoisotopic (exact) mass is 1630 g/mol. The van der Waals surface area contributed by atoms with E-state index in [9.17, 15) is 107 Å². The van der Waals surface area contributed by atoms with Gasteiger partial charge in [-0.1, -0.05) is 84.0 Å². The number of hydrogen-bond acceptors (Lipinski definition) is 24. The molecule has 30 N–H and O–H groups in total. The minimum atomic E-state index is -1.94. The summed E-state index contributed by atoms with van der Waals surface area (Å²) in [6.07, 6.45) is -2.01. The molecule has 114 heavy (non-hydrogen) atoms. The third-order valence-corrected chi connectivity index (χ3v) is 17.4. The van der Waals surface area contributed by atoms with Gasteiger partial charge in [-0.15, -0.1) is 0 Å². The number of rotatable bonds is 54. The van der Waals surface area contributed by atoms with E-state index < -0.39 is 231 Å². The van der Waals surface area contributed by atoms with Gasteiger partial charge >= 0.3 is 5.97 Å². The smallest absolute Gasteiger partial charge is 0.326 e. The molecule has 0 saturated heterocycles. The zero-order valence-corrected chi connectivity index (χ0v) is 65.5. The van der Waals surface area contributed by atoms with Crippen molar-refractivity contribution in [2.45, 2.75) is 197 Å². The topological polar surface area (TPSA) is 716 Å². The summed E-state index contributed by atoms with van der Waals surface area (Å²) in [7, 11) is 0. The quantitative estimate of drug-likeness (QED) is 0.0166. The maximum Gasteiger partial charge on any atom is 0.326 e. The van der Waals surface area contributed by atoms with Crippen LogP contribution in [0.5, 0.6) is 5.75 Å². The number of benzene rings is 2. The van der Waals surface area contributed by atoms with Crippen molar-refractivity contribution in [2.24, 2.45) is 57.1 Å². The van der Waals surface area contributed by atoms with E-state index in [1.807, 2.05) is 10.6 Å². The van der Waals surface area contributed by atoms with Crippen molar-refractivity contribution in [2.75, 3.05) is 44.9 Å². The minimum absolute atomic E-state index is 0.0606. The number of carboxylic acid groups (broad SMARTS) is 1. The highest BCUT2D eigenvalue weighted by atomic mass is 32.2. The number of aliphatic carboxylic acids is 1. The molecule has 13 atom stereocenters. The number of guanidine groups is 1. The van der Waals surface area contributed by atoms with E-state index in [0.29, 0.717) is 16.9 Å². The number of carbonyl (C=O) groups excluding carboxylic acids is 16. The molecular weight excluding hydrogens is 1520 g/mol. The Morgan fingerprint density at radius 2 is 0.754 bits per heavy atom. The molecule has 2 rings (SSSR count). The van der Waals surface area contributed by atoms with Crippen LogP contribution in [0.3, 0.4) is 0 Å². The summed E-state index contributed by atoms with van der Waals surface area (Å²) >= 11 is 1.42. The normalized spacial score (nSPS) is 14.5. The number of phenols is 1. The second kappa shape index (κ2) is 51.4.